The van der Waals surface area contributed by atoms with E-state index in [1.807, 2.05) is 83.7 Å². The van der Waals surface area contributed by atoms with Gasteiger partial charge in [0, 0.05) is 39.4 Å². The van der Waals surface area contributed by atoms with Crippen molar-refractivity contribution in [2.24, 2.45) is 41.2 Å². The van der Waals surface area contributed by atoms with Gasteiger partial charge in [-0.1, -0.05) is 166 Å². The average Bonchev–Trinajstić information content (AvgIpc) is 0.772. The molecule has 0 saturated carbocycles. The van der Waals surface area contributed by atoms with Crippen LogP contribution in [0.4, 0.5) is 0 Å². The fourth-order valence-corrected chi connectivity index (χ4v) is 15.7. The highest BCUT2D eigenvalue weighted by molar-refractivity contribution is 5.98. The Bertz CT molecular complexity index is 6200. The molecule has 1 unspecified atom stereocenters. The van der Waals surface area contributed by atoms with Crippen LogP contribution in [-0.2, 0) is 41.6 Å². The van der Waals surface area contributed by atoms with E-state index in [2.05, 4.69) is 324 Å². The van der Waals surface area contributed by atoms with Gasteiger partial charge in [-0.3, -0.25) is 0 Å². The molecule has 0 spiro atoms. The van der Waals surface area contributed by atoms with Gasteiger partial charge in [-0.05, 0) is 294 Å². The minimum Gasteiger partial charge on any atom is -0.232 e. The molecule has 15 rings (SSSR count). The van der Waals surface area contributed by atoms with E-state index >= 15 is 0 Å². The summed E-state index contributed by atoms with van der Waals surface area (Å²) in [6, 6.07) is 65.8. The van der Waals surface area contributed by atoms with Gasteiger partial charge in [-0.2, -0.15) is 0 Å². The zero-order valence-corrected chi connectivity index (χ0v) is 70.0. The van der Waals surface area contributed by atoms with Crippen LogP contribution in [0.2, 0.25) is 0 Å². The number of aryl methyl sites for hydroxylation is 15. The number of fused-ring (bicyclic) bond motifs is 5. The summed E-state index contributed by atoms with van der Waals surface area (Å²) in [5.41, 5.74) is 35.2. The van der Waals surface area contributed by atoms with Gasteiger partial charge < -0.3 is 0 Å². The molecule has 10 aromatic carbocycles. The van der Waals surface area contributed by atoms with Crippen LogP contribution >= 0.6 is 0 Å². The lowest BCUT2D eigenvalue weighted by atomic mass is 9.93. The number of benzene rings is 10. The Balaban J connectivity index is 0.000000144. The van der Waals surface area contributed by atoms with Gasteiger partial charge in [0.2, 0.25) is 22.8 Å². The molecule has 1 atom stereocenters. The molecule has 6 heteroatoms. The van der Waals surface area contributed by atoms with Crippen molar-refractivity contribution in [2.45, 2.75) is 163 Å². The van der Waals surface area contributed by atoms with E-state index < -0.39 is 25.0 Å². The predicted molar refractivity (Wildman–Crippen MR) is 468 cm³/mol. The Morgan fingerprint density at radius 3 is 0.991 bits per heavy atom. The van der Waals surface area contributed by atoms with E-state index in [1.54, 1.807) is 6.07 Å². The molecule has 5 aromatic heterocycles. The first-order chi connectivity index (χ1) is 54.9. The van der Waals surface area contributed by atoms with Crippen LogP contribution in [0.1, 0.15) is 163 Å². The smallest absolute Gasteiger partial charge is 0.232 e. The summed E-state index contributed by atoms with van der Waals surface area (Å²) in [5, 5.41) is 10.5. The van der Waals surface area contributed by atoms with E-state index in [1.165, 1.54) is 168 Å². The molecule has 0 amide bonds. The maximum atomic E-state index is 8.41. The quantitative estimate of drug-likeness (QED) is 0.133. The molecule has 0 N–H and O–H groups in total. The molecule has 5 heterocycles. The van der Waals surface area contributed by atoms with Gasteiger partial charge in [0.25, 0.3) is 6.33 Å². The fourth-order valence-electron chi connectivity index (χ4n) is 15.7. The summed E-state index contributed by atoms with van der Waals surface area (Å²) >= 11 is 0. The number of rotatable bonds is 9. The largest absolute Gasteiger partial charge is 0.287 e. The molecular formula is C104H119N6+5. The summed E-state index contributed by atoms with van der Waals surface area (Å²) in [7, 11) is 10.4. The molecule has 6 nitrogen and oxygen atoms in total. The van der Waals surface area contributed by atoms with Crippen molar-refractivity contribution in [1.29, 1.82) is 0 Å². The highest BCUT2D eigenvalue weighted by Crippen LogP contribution is 2.37. The SMILES string of the molecule is Cc1cc(C)c(C)c(-c2c3ccccc3cc[n+]2C)c1.Cc1cc(C)c(C)c(-c2c3ccccc3nc[n+]2C)c1.[2H]C(C)(C)c1ccc2c(-c3cc(C)cc(C)c3C)[n+](C)ccc2c1.[2H]C([2H])([2H])C([2H])(C)c1ccc2c(-c3cc(C)cc(C)c3C)[n+](C)ccc2c1.[2H]C([2H])(c1ccc2c(-c3cc(C)cc(C)c3C)[n+](C)ccc2c1)C(C)C. The summed E-state index contributed by atoms with van der Waals surface area (Å²) in [5.74, 6) is -2.29. The van der Waals surface area contributed by atoms with Crippen LogP contribution in [0.5, 0.6) is 0 Å². The van der Waals surface area contributed by atoms with Crippen molar-refractivity contribution in [1.82, 2.24) is 4.98 Å². The molecule has 0 aliphatic heterocycles. The first-order valence-electron chi connectivity index (χ1n) is 42.2. The van der Waals surface area contributed by atoms with Crippen molar-refractivity contribution < 1.29 is 32.4 Å². The van der Waals surface area contributed by atoms with Crippen LogP contribution in [0.25, 0.3) is 110 Å². The van der Waals surface area contributed by atoms with E-state index in [0.717, 1.165) is 43.9 Å². The molecule has 560 valence electrons. The third kappa shape index (κ3) is 17.4. The third-order valence-electron chi connectivity index (χ3n) is 22.1. The molecule has 0 saturated heterocycles. The number of aromatic nitrogens is 6. The normalized spacial score (nSPS) is 13.1. The monoisotopic (exact) mass is 1460 g/mol. The molecule has 0 fully saturated rings. The number of hydrogen-bond acceptors (Lipinski definition) is 1. The number of para-hydroxylation sites is 1. The van der Waals surface area contributed by atoms with Gasteiger partial charge in [-0.25, -0.2) is 22.8 Å². The highest BCUT2D eigenvalue weighted by Gasteiger charge is 2.25. The zero-order chi connectivity index (χ0) is 85.6. The van der Waals surface area contributed by atoms with E-state index in [-0.39, 0.29) is 5.92 Å². The summed E-state index contributed by atoms with van der Waals surface area (Å²) in [6.45, 7) is 39.3. The predicted octanol–water partition coefficient (Wildman–Crippen LogP) is 24.1. The van der Waals surface area contributed by atoms with Crippen molar-refractivity contribution in [3.8, 4) is 56.3 Å². The van der Waals surface area contributed by atoms with Crippen molar-refractivity contribution in [3.05, 3.63) is 319 Å². The topological polar surface area (TPSA) is 32.3 Å². The van der Waals surface area contributed by atoms with Crippen LogP contribution < -0.4 is 22.8 Å². The Kier molecular flexibility index (Phi) is 21.9. The molecule has 110 heavy (non-hydrogen) atoms. The summed E-state index contributed by atoms with van der Waals surface area (Å²) in [6.07, 6.45) is 8.90. The fraction of sp³-hybridized carbons (Fsp3) is 0.288. The molecular weight excluding hydrogens is 1330 g/mol. The van der Waals surface area contributed by atoms with Gasteiger partial charge in [0.15, 0.2) is 30.3 Å². The van der Waals surface area contributed by atoms with Gasteiger partial charge >= 0.3 is 0 Å². The molecule has 0 bridgehead atoms. The number of pyridine rings is 4. The Morgan fingerprint density at radius 2 is 0.627 bits per heavy atom. The maximum absolute atomic E-state index is 8.41. The lowest BCUT2D eigenvalue weighted by molar-refractivity contribution is -0.662. The first kappa shape index (κ1) is 70.8. The average molecular weight is 1460 g/mol. The zero-order valence-electron chi connectivity index (χ0n) is 77.0. The Morgan fingerprint density at radius 1 is 0.318 bits per heavy atom. The molecule has 15 aromatic rings. The maximum Gasteiger partial charge on any atom is 0.287 e. The standard InChI is InChI=1S/C23H28N.2C22H26N.C19H20N.C18H19N2/c1-15(2)11-19-7-8-21-20(14-19)9-10-24(6)23(21)22-13-16(3)12-17(4)18(22)5;2*1-14(2)18-7-8-20-19(13-18)9-10-23(6)22(20)21-12-15(3)11-16(4)17(21)5;1-13-11-14(2)15(3)18(12-13)19-17-8-6-5-7-16(17)9-10-20(19)4;1-12-9-13(2)14(3)16(10-12)18-15-7-5-6-8-17(15)19-11-20(18)4/h7-10,12-15H,11H2,1-6H3;2*7-14H,1-6H3;5-12H,1-4H3;5-11H,1-4H3/q5*+1/i11D2;1D3,14D;14D;;. The van der Waals surface area contributed by atoms with Gasteiger partial charge in [0.1, 0.15) is 33.9 Å². The lowest BCUT2D eigenvalue weighted by Crippen LogP contribution is -2.31. The third-order valence-corrected chi connectivity index (χ3v) is 22.1. The summed E-state index contributed by atoms with van der Waals surface area (Å²) < 4.78 is 67.4. The number of hydrogen-bond donors (Lipinski definition) is 0. The second-order valence-electron chi connectivity index (χ2n) is 31.5. The van der Waals surface area contributed by atoms with Gasteiger partial charge in [0.05, 0.1) is 56.2 Å². The van der Waals surface area contributed by atoms with Crippen molar-refractivity contribution in [2.75, 3.05) is 0 Å². The van der Waals surface area contributed by atoms with Gasteiger partial charge in [-0.15, -0.1) is 0 Å². The minimum absolute atomic E-state index is 0.0686. The first-order valence-corrected chi connectivity index (χ1v) is 38.7. The van der Waals surface area contributed by atoms with E-state index in [9.17, 15) is 0 Å². The van der Waals surface area contributed by atoms with Crippen LogP contribution in [-0.4, -0.2) is 4.98 Å². The van der Waals surface area contributed by atoms with Crippen LogP contribution in [0, 0.1) is 110 Å². The molecule has 0 aliphatic rings. The Hall–Kier alpha value is -10.8. The molecule has 0 radical (unpaired) electrons. The van der Waals surface area contributed by atoms with Crippen molar-refractivity contribution in [3.63, 3.8) is 0 Å². The summed E-state index contributed by atoms with van der Waals surface area (Å²) in [4.78, 5) is 4.50. The highest BCUT2D eigenvalue weighted by atomic mass is 15.0. The van der Waals surface area contributed by atoms with E-state index in [4.69, 9.17) is 9.60 Å². The second kappa shape index (κ2) is 34.0. The Labute approximate surface area is 668 Å². The van der Waals surface area contributed by atoms with E-state index in [0.29, 0.717) is 5.56 Å². The molecule has 0 aliphatic carbocycles. The second-order valence-corrected chi connectivity index (χ2v) is 31.5. The van der Waals surface area contributed by atoms with Crippen LogP contribution in [0.15, 0.2) is 219 Å². The minimum atomic E-state index is -2.38. The van der Waals surface area contributed by atoms with Crippen LogP contribution in [0.3, 0.4) is 0 Å². The number of nitrogens with zero attached hydrogens (tertiary/aromatic N) is 6. The van der Waals surface area contributed by atoms with Crippen molar-refractivity contribution >= 4 is 54.0 Å². The lowest BCUT2D eigenvalue weighted by Gasteiger charge is -2.12.